The second-order valence-electron chi connectivity index (χ2n) is 5.16. The van der Waals surface area contributed by atoms with Gasteiger partial charge in [0.15, 0.2) is 10.2 Å². The SMILES string of the molecule is FC(F)(F)c1cccc(Oc2c(Cl)cc(NCc3cnc(Cl)s3)cc2Cl)n1. The highest BCUT2D eigenvalue weighted by Crippen LogP contribution is 2.39. The standard InChI is InChI=1S/C16H9Cl3F3N3OS/c17-10-4-8(23-6-9-7-24-15(19)27-9)5-11(18)14(10)26-13-3-1-2-12(25-13)16(20,21)22/h1-5,7,23H,6H2. The molecule has 0 aliphatic heterocycles. The number of halogens is 6. The van der Waals surface area contributed by atoms with E-state index in [1.165, 1.54) is 23.5 Å². The maximum absolute atomic E-state index is 12.8. The van der Waals surface area contributed by atoms with Crippen molar-refractivity contribution in [1.82, 2.24) is 9.97 Å². The third kappa shape index (κ3) is 5.16. The Balaban J connectivity index is 1.77. The Labute approximate surface area is 170 Å². The van der Waals surface area contributed by atoms with E-state index in [4.69, 9.17) is 39.5 Å². The van der Waals surface area contributed by atoms with Gasteiger partial charge in [-0.25, -0.2) is 9.97 Å². The molecule has 3 rings (SSSR count). The molecule has 0 unspecified atom stereocenters. The van der Waals surface area contributed by atoms with Crippen molar-refractivity contribution in [3.63, 3.8) is 0 Å². The smallest absolute Gasteiger partial charge is 0.433 e. The molecule has 0 spiro atoms. The summed E-state index contributed by atoms with van der Waals surface area (Å²) in [4.78, 5) is 8.26. The summed E-state index contributed by atoms with van der Waals surface area (Å²) in [6.45, 7) is 0.451. The molecule has 0 aliphatic carbocycles. The lowest BCUT2D eigenvalue weighted by Gasteiger charge is -2.13. The van der Waals surface area contributed by atoms with E-state index in [0.717, 1.165) is 10.9 Å². The van der Waals surface area contributed by atoms with Gasteiger partial charge in [-0.3, -0.25) is 0 Å². The van der Waals surface area contributed by atoms with Crippen LogP contribution < -0.4 is 10.1 Å². The van der Waals surface area contributed by atoms with E-state index in [2.05, 4.69) is 15.3 Å². The Bertz CT molecular complexity index is 942. The highest BCUT2D eigenvalue weighted by Gasteiger charge is 2.32. The van der Waals surface area contributed by atoms with Crippen LogP contribution in [-0.2, 0) is 12.7 Å². The first-order valence-electron chi connectivity index (χ1n) is 7.27. The number of pyridine rings is 1. The number of thiazole rings is 1. The first kappa shape index (κ1) is 20.0. The van der Waals surface area contributed by atoms with Crippen molar-refractivity contribution < 1.29 is 17.9 Å². The number of hydrogen-bond acceptors (Lipinski definition) is 5. The number of nitrogens with zero attached hydrogens (tertiary/aromatic N) is 2. The lowest BCUT2D eigenvalue weighted by atomic mass is 10.3. The van der Waals surface area contributed by atoms with Crippen molar-refractivity contribution in [1.29, 1.82) is 0 Å². The Hall–Kier alpha value is -1.74. The summed E-state index contributed by atoms with van der Waals surface area (Å²) in [5.74, 6) is -0.259. The molecule has 0 radical (unpaired) electrons. The number of nitrogens with one attached hydrogen (secondary N) is 1. The molecule has 142 valence electrons. The third-order valence-corrected chi connectivity index (χ3v) is 4.89. The zero-order chi connectivity index (χ0) is 19.6. The number of anilines is 1. The first-order valence-corrected chi connectivity index (χ1v) is 9.22. The maximum Gasteiger partial charge on any atom is 0.433 e. The second-order valence-corrected chi connectivity index (χ2v) is 7.67. The fourth-order valence-electron chi connectivity index (χ4n) is 2.05. The van der Waals surface area contributed by atoms with Crippen molar-refractivity contribution in [2.75, 3.05) is 5.32 Å². The van der Waals surface area contributed by atoms with Gasteiger partial charge in [0.1, 0.15) is 5.69 Å². The van der Waals surface area contributed by atoms with Crippen LogP contribution in [0.5, 0.6) is 11.6 Å². The van der Waals surface area contributed by atoms with Gasteiger partial charge >= 0.3 is 6.18 Å². The molecule has 27 heavy (non-hydrogen) atoms. The summed E-state index contributed by atoms with van der Waals surface area (Å²) in [6.07, 6.45) is -2.94. The molecule has 0 bridgehead atoms. The normalized spacial score (nSPS) is 11.5. The van der Waals surface area contributed by atoms with Crippen molar-refractivity contribution >= 4 is 51.8 Å². The fourth-order valence-corrected chi connectivity index (χ4v) is 3.53. The first-order chi connectivity index (χ1) is 12.7. The van der Waals surface area contributed by atoms with E-state index < -0.39 is 11.9 Å². The lowest BCUT2D eigenvalue weighted by molar-refractivity contribution is -0.141. The van der Waals surface area contributed by atoms with Gasteiger partial charge < -0.3 is 10.1 Å². The molecule has 0 saturated carbocycles. The van der Waals surface area contributed by atoms with Crippen molar-refractivity contribution in [2.24, 2.45) is 0 Å². The Kier molecular flexibility index (Phi) is 6.00. The van der Waals surface area contributed by atoms with Gasteiger partial charge in [0.25, 0.3) is 0 Å². The molecule has 1 aromatic carbocycles. The molecule has 0 fully saturated rings. The highest BCUT2D eigenvalue weighted by atomic mass is 35.5. The molecule has 0 amide bonds. The van der Waals surface area contributed by atoms with Crippen LogP contribution in [0.4, 0.5) is 18.9 Å². The number of hydrogen-bond donors (Lipinski definition) is 1. The molecule has 1 N–H and O–H groups in total. The zero-order valence-electron chi connectivity index (χ0n) is 13.1. The van der Waals surface area contributed by atoms with Crippen LogP contribution >= 0.6 is 46.1 Å². The Morgan fingerprint density at radius 3 is 2.41 bits per heavy atom. The monoisotopic (exact) mass is 453 g/mol. The number of benzene rings is 1. The predicted molar refractivity (Wildman–Crippen MR) is 100 cm³/mol. The topological polar surface area (TPSA) is 47.0 Å². The average molecular weight is 455 g/mol. The minimum Gasteiger partial charge on any atom is -0.436 e. The number of aromatic nitrogens is 2. The lowest BCUT2D eigenvalue weighted by Crippen LogP contribution is -2.08. The van der Waals surface area contributed by atoms with Crippen LogP contribution in [0.3, 0.4) is 0 Å². The molecule has 3 aromatic rings. The maximum atomic E-state index is 12.8. The molecule has 0 saturated heterocycles. The van der Waals surface area contributed by atoms with E-state index in [9.17, 15) is 13.2 Å². The van der Waals surface area contributed by atoms with Crippen LogP contribution in [0.25, 0.3) is 0 Å². The van der Waals surface area contributed by atoms with Crippen LogP contribution in [0.2, 0.25) is 14.5 Å². The highest BCUT2D eigenvalue weighted by molar-refractivity contribution is 7.15. The van der Waals surface area contributed by atoms with Crippen molar-refractivity contribution in [3.05, 3.63) is 61.6 Å². The summed E-state index contributed by atoms with van der Waals surface area (Å²) in [6, 6.07) is 6.39. The van der Waals surface area contributed by atoms with E-state index in [-0.39, 0.29) is 21.7 Å². The van der Waals surface area contributed by atoms with E-state index in [0.29, 0.717) is 16.7 Å². The van der Waals surface area contributed by atoms with Gasteiger partial charge in [-0.1, -0.05) is 40.9 Å². The molecule has 4 nitrogen and oxygen atoms in total. The predicted octanol–water partition coefficient (Wildman–Crippen LogP) is 6.92. The fraction of sp³-hybridized carbons (Fsp3) is 0.125. The molecule has 11 heteroatoms. The quantitative estimate of drug-likeness (QED) is 0.454. The van der Waals surface area contributed by atoms with Gasteiger partial charge in [0.2, 0.25) is 5.88 Å². The van der Waals surface area contributed by atoms with Gasteiger partial charge in [0.05, 0.1) is 16.6 Å². The minimum absolute atomic E-state index is 0.0107. The third-order valence-electron chi connectivity index (χ3n) is 3.21. The average Bonchev–Trinajstić information content (AvgIpc) is 3.01. The zero-order valence-corrected chi connectivity index (χ0v) is 16.2. The minimum atomic E-state index is -4.58. The molecular formula is C16H9Cl3F3N3OS. The summed E-state index contributed by atoms with van der Waals surface area (Å²) in [5, 5.41) is 3.33. The number of ether oxygens (including phenoxy) is 1. The summed E-state index contributed by atoms with van der Waals surface area (Å²) < 4.78 is 44.1. The van der Waals surface area contributed by atoms with E-state index in [1.54, 1.807) is 18.3 Å². The second kappa shape index (κ2) is 8.10. The molecular weight excluding hydrogens is 446 g/mol. The van der Waals surface area contributed by atoms with Gasteiger partial charge in [0, 0.05) is 22.8 Å². The van der Waals surface area contributed by atoms with Crippen LogP contribution in [0.1, 0.15) is 10.6 Å². The molecule has 0 atom stereocenters. The Morgan fingerprint density at radius 2 is 1.81 bits per heavy atom. The number of alkyl halides is 3. The molecule has 2 heterocycles. The largest absolute Gasteiger partial charge is 0.436 e. The van der Waals surface area contributed by atoms with Gasteiger partial charge in [-0.05, 0) is 18.2 Å². The molecule has 2 aromatic heterocycles. The summed E-state index contributed by atoms with van der Waals surface area (Å²) >= 11 is 19.4. The van der Waals surface area contributed by atoms with E-state index >= 15 is 0 Å². The van der Waals surface area contributed by atoms with Crippen LogP contribution in [0.15, 0.2) is 36.5 Å². The summed E-state index contributed by atoms with van der Waals surface area (Å²) in [7, 11) is 0. The van der Waals surface area contributed by atoms with Crippen LogP contribution in [0, 0.1) is 0 Å². The van der Waals surface area contributed by atoms with Crippen molar-refractivity contribution in [3.8, 4) is 11.6 Å². The van der Waals surface area contributed by atoms with Crippen molar-refractivity contribution in [2.45, 2.75) is 12.7 Å². The Morgan fingerprint density at radius 1 is 1.11 bits per heavy atom. The number of rotatable bonds is 5. The van der Waals surface area contributed by atoms with E-state index in [1.807, 2.05) is 0 Å². The van der Waals surface area contributed by atoms with Crippen LogP contribution in [-0.4, -0.2) is 9.97 Å². The molecule has 0 aliphatic rings. The van der Waals surface area contributed by atoms with Gasteiger partial charge in [-0.2, -0.15) is 13.2 Å². The summed E-state index contributed by atoms with van der Waals surface area (Å²) in [5.41, 5.74) is -0.479. The van der Waals surface area contributed by atoms with Gasteiger partial charge in [-0.15, -0.1) is 11.3 Å².